The van der Waals surface area contributed by atoms with Gasteiger partial charge in [0.2, 0.25) is 17.7 Å². The second kappa shape index (κ2) is 15.1. The summed E-state index contributed by atoms with van der Waals surface area (Å²) >= 11 is 0. The van der Waals surface area contributed by atoms with Crippen molar-refractivity contribution >= 4 is 23.5 Å². The molecule has 0 radical (unpaired) electrons. The lowest BCUT2D eigenvalue weighted by Crippen LogP contribution is -2.58. The fourth-order valence-electron chi connectivity index (χ4n) is 4.83. The molecule has 2 aromatic rings. The van der Waals surface area contributed by atoms with Crippen LogP contribution in [0, 0.1) is 0 Å². The second-order valence-electron chi connectivity index (χ2n) is 10.9. The van der Waals surface area contributed by atoms with Gasteiger partial charge in [-0.05, 0) is 36.6 Å². The van der Waals surface area contributed by atoms with Gasteiger partial charge in [-0.3, -0.25) is 24.1 Å². The molecule has 0 bridgehead atoms. The van der Waals surface area contributed by atoms with E-state index in [0.29, 0.717) is 32.1 Å². The summed E-state index contributed by atoms with van der Waals surface area (Å²) in [4.78, 5) is 54.9. The summed E-state index contributed by atoms with van der Waals surface area (Å²) in [5, 5.41) is 18.0. The third-order valence-corrected chi connectivity index (χ3v) is 7.55. The molecule has 0 saturated carbocycles. The van der Waals surface area contributed by atoms with Crippen molar-refractivity contribution in [2.45, 2.75) is 43.5 Å². The molecule has 2 aliphatic heterocycles. The first-order valence-corrected chi connectivity index (χ1v) is 14.4. The Morgan fingerprint density at radius 1 is 0.884 bits per heavy atom. The first kappa shape index (κ1) is 32.1. The van der Waals surface area contributed by atoms with Crippen LogP contribution in [0.5, 0.6) is 5.75 Å². The van der Waals surface area contributed by atoms with Crippen LogP contribution in [0.4, 0.5) is 0 Å². The Morgan fingerprint density at radius 3 is 2.07 bits per heavy atom. The second-order valence-corrected chi connectivity index (χ2v) is 10.9. The summed E-state index contributed by atoms with van der Waals surface area (Å²) < 4.78 is 15.9. The molecule has 0 aromatic heterocycles. The van der Waals surface area contributed by atoms with Gasteiger partial charge in [-0.1, -0.05) is 42.5 Å². The quantitative estimate of drug-likeness (QED) is 0.201. The summed E-state index contributed by atoms with van der Waals surface area (Å²) in [6.45, 7) is 3.52. The van der Waals surface area contributed by atoms with E-state index in [1.165, 1.54) is 0 Å². The summed E-state index contributed by atoms with van der Waals surface area (Å²) in [7, 11) is 1.54. The Balaban J connectivity index is 1.49. The van der Waals surface area contributed by atoms with E-state index in [-0.39, 0.29) is 31.8 Å². The summed E-state index contributed by atoms with van der Waals surface area (Å²) in [5.41, 5.74) is 0.597. The standard InChI is InChI=1S/C31H40N4O8/c1-31(20-43-31)28(38)24(16-21-6-4-3-5-7-21)33-29(39)25(17-22-8-10-23(41-2)11-9-22)34-30(40)26(19-36)32-27(37)18-35-12-14-42-15-13-35/h3-11,24-26,36H,12-20H2,1-2H3,(H,32,37)(H,33,39)(H,34,40)/t24?,25-,26-,31+/m0/s1. The lowest BCUT2D eigenvalue weighted by atomic mass is 9.94. The molecule has 4 atom stereocenters. The Morgan fingerprint density at radius 2 is 1.47 bits per heavy atom. The number of carbonyl (C=O) groups is 4. The number of epoxide rings is 1. The monoisotopic (exact) mass is 596 g/mol. The molecule has 4 N–H and O–H groups in total. The van der Waals surface area contributed by atoms with Crippen LogP contribution in [-0.2, 0) is 41.5 Å². The molecular weight excluding hydrogens is 556 g/mol. The number of ketones is 1. The molecule has 1 unspecified atom stereocenters. The van der Waals surface area contributed by atoms with Crippen molar-refractivity contribution in [3.63, 3.8) is 0 Å². The number of nitrogens with zero attached hydrogens (tertiary/aromatic N) is 1. The maximum atomic E-state index is 13.7. The smallest absolute Gasteiger partial charge is 0.245 e. The van der Waals surface area contributed by atoms with Crippen LogP contribution in [-0.4, -0.2) is 110 Å². The predicted molar refractivity (Wildman–Crippen MR) is 156 cm³/mol. The molecule has 4 rings (SSSR count). The van der Waals surface area contributed by atoms with Crippen LogP contribution in [0.15, 0.2) is 54.6 Å². The molecule has 2 fully saturated rings. The van der Waals surface area contributed by atoms with Gasteiger partial charge in [0.15, 0.2) is 5.78 Å². The Kier molecular flexibility index (Phi) is 11.2. The van der Waals surface area contributed by atoms with E-state index in [9.17, 15) is 24.3 Å². The van der Waals surface area contributed by atoms with Gasteiger partial charge in [-0.15, -0.1) is 0 Å². The molecule has 12 heteroatoms. The number of hydrogen-bond acceptors (Lipinski definition) is 9. The minimum atomic E-state index is -1.28. The number of hydrogen-bond donors (Lipinski definition) is 4. The molecule has 0 spiro atoms. The van der Waals surface area contributed by atoms with Crippen LogP contribution in [0.2, 0.25) is 0 Å². The maximum absolute atomic E-state index is 13.7. The van der Waals surface area contributed by atoms with Gasteiger partial charge in [-0.2, -0.15) is 0 Å². The van der Waals surface area contributed by atoms with Crippen LogP contribution in [0.3, 0.4) is 0 Å². The normalized spacial score (nSPS) is 20.3. The van der Waals surface area contributed by atoms with Gasteiger partial charge in [-0.25, -0.2) is 0 Å². The first-order valence-electron chi connectivity index (χ1n) is 14.4. The molecule has 0 aliphatic carbocycles. The zero-order valence-corrected chi connectivity index (χ0v) is 24.5. The van der Waals surface area contributed by atoms with Gasteiger partial charge in [0.25, 0.3) is 0 Å². The van der Waals surface area contributed by atoms with Crippen molar-refractivity contribution in [3.8, 4) is 5.75 Å². The largest absolute Gasteiger partial charge is 0.497 e. The molecule has 2 saturated heterocycles. The lowest BCUT2D eigenvalue weighted by molar-refractivity contribution is -0.135. The van der Waals surface area contributed by atoms with Crippen molar-refractivity contribution in [2.75, 3.05) is 53.2 Å². The number of aliphatic hydroxyl groups excluding tert-OH is 1. The van der Waals surface area contributed by atoms with Gasteiger partial charge < -0.3 is 35.3 Å². The highest BCUT2D eigenvalue weighted by Crippen LogP contribution is 2.29. The third kappa shape index (κ3) is 9.32. The van der Waals surface area contributed by atoms with Crippen LogP contribution in [0.1, 0.15) is 18.1 Å². The average molecular weight is 597 g/mol. The Hall–Kier alpha value is -3.84. The van der Waals surface area contributed by atoms with Gasteiger partial charge >= 0.3 is 0 Å². The van der Waals surface area contributed by atoms with E-state index in [0.717, 1.165) is 11.1 Å². The van der Waals surface area contributed by atoms with E-state index in [1.807, 2.05) is 35.2 Å². The van der Waals surface area contributed by atoms with E-state index in [4.69, 9.17) is 14.2 Å². The van der Waals surface area contributed by atoms with E-state index >= 15 is 0 Å². The van der Waals surface area contributed by atoms with E-state index in [2.05, 4.69) is 16.0 Å². The number of rotatable bonds is 15. The predicted octanol–water partition coefficient (Wildman–Crippen LogP) is -0.383. The van der Waals surface area contributed by atoms with Crippen molar-refractivity contribution in [1.29, 1.82) is 0 Å². The molecule has 2 aromatic carbocycles. The van der Waals surface area contributed by atoms with Crippen molar-refractivity contribution in [1.82, 2.24) is 20.9 Å². The maximum Gasteiger partial charge on any atom is 0.245 e. The Bertz CT molecular complexity index is 1250. The number of benzene rings is 2. The van der Waals surface area contributed by atoms with Gasteiger partial charge in [0, 0.05) is 19.5 Å². The van der Waals surface area contributed by atoms with Crippen LogP contribution in [0.25, 0.3) is 0 Å². The zero-order valence-electron chi connectivity index (χ0n) is 24.5. The molecule has 2 aliphatic rings. The lowest BCUT2D eigenvalue weighted by Gasteiger charge is -2.27. The SMILES string of the molecule is COc1ccc(C[C@H](NC(=O)[C@H](CO)NC(=O)CN2CCOCC2)C(=O)NC(Cc2ccccc2)C(=O)[C@@]2(C)CO2)cc1. The highest BCUT2D eigenvalue weighted by molar-refractivity contribution is 5.98. The number of methoxy groups -OCH3 is 1. The number of nitrogens with one attached hydrogen (secondary N) is 3. The number of ether oxygens (including phenoxy) is 3. The molecular formula is C31H40N4O8. The Labute approximate surface area is 251 Å². The fourth-order valence-corrected chi connectivity index (χ4v) is 4.83. The summed E-state index contributed by atoms with van der Waals surface area (Å²) in [6, 6.07) is 13.0. The molecule has 43 heavy (non-hydrogen) atoms. The van der Waals surface area contributed by atoms with Crippen LogP contribution >= 0.6 is 0 Å². The van der Waals surface area contributed by atoms with E-state index in [1.54, 1.807) is 38.3 Å². The first-order chi connectivity index (χ1) is 20.7. The third-order valence-electron chi connectivity index (χ3n) is 7.55. The van der Waals surface area contributed by atoms with Crippen molar-refractivity contribution in [2.24, 2.45) is 0 Å². The van der Waals surface area contributed by atoms with Gasteiger partial charge in [0.1, 0.15) is 23.4 Å². The number of aliphatic hydroxyl groups is 1. The fraction of sp³-hybridized carbons (Fsp3) is 0.484. The average Bonchev–Trinajstić information content (AvgIpc) is 3.78. The summed E-state index contributed by atoms with van der Waals surface area (Å²) in [5.74, 6) is -1.38. The molecule has 12 nitrogen and oxygen atoms in total. The minimum absolute atomic E-state index is 0.0486. The summed E-state index contributed by atoms with van der Waals surface area (Å²) in [6.07, 6.45) is 0.325. The molecule has 3 amide bonds. The molecule has 2 heterocycles. The van der Waals surface area contributed by atoms with Crippen LogP contribution < -0.4 is 20.7 Å². The van der Waals surface area contributed by atoms with Crippen molar-refractivity contribution < 1.29 is 38.5 Å². The number of carbonyl (C=O) groups excluding carboxylic acids is 4. The van der Waals surface area contributed by atoms with Gasteiger partial charge in [0.05, 0.1) is 46.1 Å². The number of amides is 3. The highest BCUT2D eigenvalue weighted by atomic mass is 16.6. The minimum Gasteiger partial charge on any atom is -0.497 e. The van der Waals surface area contributed by atoms with Crippen molar-refractivity contribution in [3.05, 3.63) is 65.7 Å². The number of Topliss-reactive ketones (excluding diaryl/α,β-unsaturated/α-hetero) is 1. The number of morpholine rings is 1. The molecule has 232 valence electrons. The topological polar surface area (TPSA) is 159 Å². The van der Waals surface area contributed by atoms with E-state index < -0.39 is 48.1 Å². The zero-order chi connectivity index (χ0) is 30.8. The highest BCUT2D eigenvalue weighted by Gasteiger charge is 2.50.